The van der Waals surface area contributed by atoms with Crippen LogP contribution >= 0.6 is 0 Å². The van der Waals surface area contributed by atoms with E-state index in [2.05, 4.69) is 6.92 Å². The molecule has 13 heavy (non-hydrogen) atoms. The van der Waals surface area contributed by atoms with Crippen molar-refractivity contribution < 1.29 is 5.11 Å². The van der Waals surface area contributed by atoms with Gasteiger partial charge in [-0.25, -0.2) is 0 Å². The lowest BCUT2D eigenvalue weighted by atomic mass is 9.77. The van der Waals surface area contributed by atoms with Crippen LogP contribution < -0.4 is 5.73 Å². The Labute approximate surface area is 81.5 Å². The van der Waals surface area contributed by atoms with E-state index in [9.17, 15) is 5.11 Å². The summed E-state index contributed by atoms with van der Waals surface area (Å²) >= 11 is 0. The Morgan fingerprint density at radius 2 is 1.85 bits per heavy atom. The summed E-state index contributed by atoms with van der Waals surface area (Å²) in [7, 11) is 0. The van der Waals surface area contributed by atoms with Crippen molar-refractivity contribution in [2.24, 2.45) is 17.6 Å². The summed E-state index contributed by atoms with van der Waals surface area (Å²) in [6.07, 6.45) is 5.91. The monoisotopic (exact) mass is 185 g/mol. The molecule has 1 aliphatic rings. The van der Waals surface area contributed by atoms with E-state index in [1.165, 1.54) is 32.1 Å². The first-order chi connectivity index (χ1) is 6.15. The van der Waals surface area contributed by atoms with Crippen molar-refractivity contribution in [3.8, 4) is 0 Å². The number of nitrogens with two attached hydrogens (primary N) is 1. The Bertz CT molecular complexity index is 139. The van der Waals surface area contributed by atoms with Crippen LogP contribution in [0, 0.1) is 11.8 Å². The number of aliphatic hydroxyl groups excluding tert-OH is 1. The van der Waals surface area contributed by atoms with Gasteiger partial charge >= 0.3 is 0 Å². The summed E-state index contributed by atoms with van der Waals surface area (Å²) in [5, 5.41) is 9.79. The molecule has 0 spiro atoms. The number of aliphatic hydroxyl groups is 1. The van der Waals surface area contributed by atoms with Crippen LogP contribution in [0.25, 0.3) is 0 Å². The van der Waals surface area contributed by atoms with Gasteiger partial charge in [-0.05, 0) is 31.6 Å². The summed E-state index contributed by atoms with van der Waals surface area (Å²) in [5.74, 6) is 1.36. The topological polar surface area (TPSA) is 46.2 Å². The quantitative estimate of drug-likeness (QED) is 0.705. The van der Waals surface area contributed by atoms with Crippen LogP contribution in [0.2, 0.25) is 0 Å². The Kier molecular flexibility index (Phi) is 4.20. The highest BCUT2D eigenvalue weighted by molar-refractivity contribution is 4.80. The molecule has 2 nitrogen and oxygen atoms in total. The van der Waals surface area contributed by atoms with E-state index in [-0.39, 0.29) is 12.1 Å². The maximum Gasteiger partial charge on any atom is 0.0716 e. The average molecular weight is 185 g/mol. The van der Waals surface area contributed by atoms with Crippen molar-refractivity contribution in [1.29, 1.82) is 0 Å². The normalized spacial score (nSPS) is 34.2. The predicted octanol–water partition coefficient (Wildman–Crippen LogP) is 1.91. The molecule has 0 radical (unpaired) electrons. The van der Waals surface area contributed by atoms with Crippen LogP contribution in [0.4, 0.5) is 0 Å². The zero-order chi connectivity index (χ0) is 9.84. The van der Waals surface area contributed by atoms with Crippen molar-refractivity contribution in [2.45, 2.75) is 58.1 Å². The summed E-state index contributed by atoms with van der Waals surface area (Å²) in [4.78, 5) is 0. The maximum absolute atomic E-state index is 9.79. The first kappa shape index (κ1) is 11.0. The van der Waals surface area contributed by atoms with Crippen LogP contribution in [-0.4, -0.2) is 17.3 Å². The molecule has 2 heteroatoms. The summed E-state index contributed by atoms with van der Waals surface area (Å²) in [6.45, 7) is 4.16. The lowest BCUT2D eigenvalue weighted by Crippen LogP contribution is -2.39. The third-order valence-electron chi connectivity index (χ3n) is 3.49. The van der Waals surface area contributed by atoms with E-state index >= 15 is 0 Å². The molecule has 0 heterocycles. The van der Waals surface area contributed by atoms with Gasteiger partial charge < -0.3 is 10.8 Å². The lowest BCUT2D eigenvalue weighted by molar-refractivity contribution is 0.0570. The highest BCUT2D eigenvalue weighted by atomic mass is 16.3. The maximum atomic E-state index is 9.79. The molecule has 1 saturated carbocycles. The second-order valence-corrected chi connectivity index (χ2v) is 4.54. The summed E-state index contributed by atoms with van der Waals surface area (Å²) in [5.41, 5.74) is 5.68. The van der Waals surface area contributed by atoms with Crippen LogP contribution in [0.3, 0.4) is 0 Å². The van der Waals surface area contributed by atoms with E-state index in [1.807, 2.05) is 6.92 Å². The van der Waals surface area contributed by atoms with Crippen LogP contribution in [0.5, 0.6) is 0 Å². The molecule has 78 valence electrons. The van der Waals surface area contributed by atoms with Crippen LogP contribution in [-0.2, 0) is 0 Å². The molecule has 0 aromatic carbocycles. The SMILES string of the molecule is CCC1CCC(C(O)C(C)N)CC1. The fourth-order valence-electron chi connectivity index (χ4n) is 2.37. The van der Waals surface area contributed by atoms with Gasteiger partial charge in [-0.15, -0.1) is 0 Å². The van der Waals surface area contributed by atoms with Crippen LogP contribution in [0.15, 0.2) is 0 Å². The molecule has 3 N–H and O–H groups in total. The van der Waals surface area contributed by atoms with Gasteiger partial charge in [0.25, 0.3) is 0 Å². The van der Waals surface area contributed by atoms with Crippen molar-refractivity contribution in [3.63, 3.8) is 0 Å². The largest absolute Gasteiger partial charge is 0.391 e. The highest BCUT2D eigenvalue weighted by Crippen LogP contribution is 2.32. The number of hydrogen-bond acceptors (Lipinski definition) is 2. The molecule has 0 aromatic rings. The molecule has 0 amide bonds. The fraction of sp³-hybridized carbons (Fsp3) is 1.00. The second kappa shape index (κ2) is 4.97. The second-order valence-electron chi connectivity index (χ2n) is 4.54. The Balaban J connectivity index is 2.32. The first-order valence-electron chi connectivity index (χ1n) is 5.58. The molecule has 1 rings (SSSR count). The minimum absolute atomic E-state index is 0.0665. The third kappa shape index (κ3) is 2.96. The number of rotatable bonds is 3. The van der Waals surface area contributed by atoms with Gasteiger partial charge in [0.15, 0.2) is 0 Å². The van der Waals surface area contributed by atoms with E-state index in [4.69, 9.17) is 5.73 Å². The molecule has 2 unspecified atom stereocenters. The van der Waals surface area contributed by atoms with Gasteiger partial charge in [-0.1, -0.05) is 26.2 Å². The average Bonchev–Trinajstić information content (AvgIpc) is 2.17. The van der Waals surface area contributed by atoms with Gasteiger partial charge in [0, 0.05) is 6.04 Å². The molecule has 2 atom stereocenters. The van der Waals surface area contributed by atoms with Gasteiger partial charge in [-0.3, -0.25) is 0 Å². The Morgan fingerprint density at radius 1 is 1.31 bits per heavy atom. The molecular weight excluding hydrogens is 162 g/mol. The first-order valence-corrected chi connectivity index (χ1v) is 5.58. The Hall–Kier alpha value is -0.0800. The Morgan fingerprint density at radius 3 is 2.23 bits per heavy atom. The smallest absolute Gasteiger partial charge is 0.0716 e. The van der Waals surface area contributed by atoms with Crippen molar-refractivity contribution >= 4 is 0 Å². The predicted molar refractivity (Wildman–Crippen MR) is 55.4 cm³/mol. The molecular formula is C11H23NO. The standard InChI is InChI=1S/C11H23NO/c1-3-9-4-6-10(7-5-9)11(13)8(2)12/h8-11,13H,3-7,12H2,1-2H3. The lowest BCUT2D eigenvalue weighted by Gasteiger charge is -2.32. The van der Waals surface area contributed by atoms with Crippen LogP contribution in [0.1, 0.15) is 46.0 Å². The molecule has 0 saturated heterocycles. The minimum Gasteiger partial charge on any atom is -0.391 e. The zero-order valence-electron chi connectivity index (χ0n) is 8.87. The third-order valence-corrected chi connectivity index (χ3v) is 3.49. The summed E-state index contributed by atoms with van der Waals surface area (Å²) in [6, 6.07) is -0.0665. The van der Waals surface area contributed by atoms with E-state index in [1.54, 1.807) is 0 Å². The van der Waals surface area contributed by atoms with Crippen molar-refractivity contribution in [2.75, 3.05) is 0 Å². The molecule has 0 aromatic heterocycles. The molecule has 1 fully saturated rings. The zero-order valence-corrected chi connectivity index (χ0v) is 8.87. The number of hydrogen-bond donors (Lipinski definition) is 2. The fourth-order valence-corrected chi connectivity index (χ4v) is 2.37. The van der Waals surface area contributed by atoms with Gasteiger partial charge in [0.1, 0.15) is 0 Å². The van der Waals surface area contributed by atoms with Gasteiger partial charge in [-0.2, -0.15) is 0 Å². The molecule has 0 aliphatic heterocycles. The molecule has 1 aliphatic carbocycles. The van der Waals surface area contributed by atoms with E-state index in [0.717, 1.165) is 5.92 Å². The summed E-state index contributed by atoms with van der Waals surface area (Å²) < 4.78 is 0. The highest BCUT2D eigenvalue weighted by Gasteiger charge is 2.27. The van der Waals surface area contributed by atoms with Crippen molar-refractivity contribution in [3.05, 3.63) is 0 Å². The van der Waals surface area contributed by atoms with E-state index in [0.29, 0.717) is 5.92 Å². The minimum atomic E-state index is -0.280. The van der Waals surface area contributed by atoms with E-state index < -0.39 is 0 Å². The van der Waals surface area contributed by atoms with Gasteiger partial charge in [0.2, 0.25) is 0 Å². The van der Waals surface area contributed by atoms with Crippen molar-refractivity contribution in [1.82, 2.24) is 0 Å². The molecule has 0 bridgehead atoms. The van der Waals surface area contributed by atoms with Gasteiger partial charge in [0.05, 0.1) is 6.10 Å².